The highest BCUT2D eigenvalue weighted by Gasteiger charge is 2.09. The number of nitrogens with zero attached hydrogens (tertiary/aromatic N) is 2. The van der Waals surface area contributed by atoms with Gasteiger partial charge in [-0.2, -0.15) is 0 Å². The number of aliphatic hydroxyl groups excluding tert-OH is 1. The Hall–Kier alpha value is -1.79. The van der Waals surface area contributed by atoms with E-state index >= 15 is 0 Å². The van der Waals surface area contributed by atoms with Gasteiger partial charge in [-0.05, 0) is 50.5 Å². The fraction of sp³-hybridized carbons (Fsp3) is 0.412. The Morgan fingerprint density at radius 2 is 2.17 bits per heavy atom. The number of imidazole rings is 1. The van der Waals surface area contributed by atoms with Crippen LogP contribution in [0.2, 0.25) is 0 Å². The first-order valence-electron chi connectivity index (χ1n) is 7.66. The van der Waals surface area contributed by atoms with Crippen LogP contribution in [0.4, 0.5) is 0 Å². The van der Waals surface area contributed by atoms with Gasteiger partial charge < -0.3 is 10.4 Å². The van der Waals surface area contributed by atoms with Gasteiger partial charge in [-0.25, -0.2) is 4.98 Å². The first kappa shape index (κ1) is 17.6. The number of thioether (sulfide) groups is 1. The number of hydrogen-bond acceptors (Lipinski definition) is 4. The van der Waals surface area contributed by atoms with E-state index in [-0.39, 0.29) is 5.91 Å². The summed E-state index contributed by atoms with van der Waals surface area (Å²) in [5.41, 5.74) is 3.52. The highest BCUT2D eigenvalue weighted by atomic mass is 32.2. The standard InChI is InChI=1S/C17H23N3O2S/c1-12-4-5-15(10-13(12)2)20-9-8-19-17(20)23-11-16(22)18-7-6-14(3)21/h4-5,8-10,14,21H,6-7,11H2,1-3H3,(H,18,22). The third-order valence-electron chi connectivity index (χ3n) is 3.59. The normalized spacial score (nSPS) is 12.2. The van der Waals surface area contributed by atoms with Gasteiger partial charge >= 0.3 is 0 Å². The Labute approximate surface area is 141 Å². The van der Waals surface area contributed by atoms with Gasteiger partial charge in [0.1, 0.15) is 0 Å². The summed E-state index contributed by atoms with van der Waals surface area (Å²) in [5, 5.41) is 12.8. The lowest BCUT2D eigenvalue weighted by Gasteiger charge is -2.10. The zero-order valence-corrected chi connectivity index (χ0v) is 14.6. The third kappa shape index (κ3) is 5.11. The molecule has 1 unspecified atom stereocenters. The van der Waals surface area contributed by atoms with Crippen LogP contribution in [0.5, 0.6) is 0 Å². The van der Waals surface area contributed by atoms with E-state index in [0.717, 1.165) is 10.8 Å². The Balaban J connectivity index is 1.96. The number of aromatic nitrogens is 2. The van der Waals surface area contributed by atoms with Crippen molar-refractivity contribution in [3.8, 4) is 5.69 Å². The van der Waals surface area contributed by atoms with Crippen LogP contribution < -0.4 is 5.32 Å². The van der Waals surface area contributed by atoms with Gasteiger partial charge in [0, 0.05) is 24.6 Å². The predicted octanol–water partition coefficient (Wildman–Crippen LogP) is 2.47. The maximum absolute atomic E-state index is 11.8. The van der Waals surface area contributed by atoms with E-state index in [1.807, 2.05) is 10.8 Å². The zero-order valence-electron chi connectivity index (χ0n) is 13.7. The van der Waals surface area contributed by atoms with Gasteiger partial charge in [0.2, 0.25) is 5.91 Å². The average molecular weight is 333 g/mol. The summed E-state index contributed by atoms with van der Waals surface area (Å²) in [7, 11) is 0. The predicted molar refractivity (Wildman–Crippen MR) is 93.1 cm³/mol. The molecule has 0 saturated heterocycles. The monoisotopic (exact) mass is 333 g/mol. The average Bonchev–Trinajstić information content (AvgIpc) is 2.96. The minimum absolute atomic E-state index is 0.0507. The number of benzene rings is 1. The summed E-state index contributed by atoms with van der Waals surface area (Å²) in [6.07, 6.45) is 3.81. The second-order valence-electron chi connectivity index (χ2n) is 5.62. The molecule has 0 aliphatic carbocycles. The fourth-order valence-electron chi connectivity index (χ4n) is 2.07. The number of aryl methyl sites for hydroxylation is 2. The molecule has 0 fully saturated rings. The molecule has 0 bridgehead atoms. The van der Waals surface area contributed by atoms with Crippen molar-refractivity contribution in [1.29, 1.82) is 0 Å². The van der Waals surface area contributed by atoms with E-state index in [1.165, 1.54) is 22.9 Å². The molecule has 1 heterocycles. The topological polar surface area (TPSA) is 67.2 Å². The summed E-state index contributed by atoms with van der Waals surface area (Å²) >= 11 is 1.40. The van der Waals surface area contributed by atoms with Gasteiger partial charge in [-0.1, -0.05) is 17.8 Å². The fourth-order valence-corrected chi connectivity index (χ4v) is 2.87. The molecule has 124 valence electrons. The van der Waals surface area contributed by atoms with E-state index in [4.69, 9.17) is 0 Å². The lowest BCUT2D eigenvalue weighted by Crippen LogP contribution is -2.28. The van der Waals surface area contributed by atoms with E-state index in [1.54, 1.807) is 13.1 Å². The molecule has 1 aromatic carbocycles. The molecule has 1 aromatic heterocycles. The van der Waals surface area contributed by atoms with Crippen molar-refractivity contribution in [3.05, 3.63) is 41.7 Å². The molecule has 6 heteroatoms. The first-order chi connectivity index (χ1) is 11.0. The molecule has 2 rings (SSSR count). The number of rotatable bonds is 7. The molecular formula is C17H23N3O2S. The second-order valence-corrected chi connectivity index (χ2v) is 6.57. The molecule has 0 saturated carbocycles. The van der Waals surface area contributed by atoms with E-state index in [0.29, 0.717) is 18.7 Å². The smallest absolute Gasteiger partial charge is 0.230 e. The maximum atomic E-state index is 11.8. The molecule has 0 spiro atoms. The SMILES string of the molecule is Cc1ccc(-n2ccnc2SCC(=O)NCCC(C)O)cc1C. The highest BCUT2D eigenvalue weighted by molar-refractivity contribution is 7.99. The summed E-state index contributed by atoms with van der Waals surface area (Å²) in [4.78, 5) is 16.1. The van der Waals surface area contributed by atoms with Crippen LogP contribution in [-0.4, -0.2) is 39.0 Å². The summed E-state index contributed by atoms with van der Waals surface area (Å²) in [6, 6.07) is 6.25. The van der Waals surface area contributed by atoms with Crippen LogP contribution in [0.3, 0.4) is 0 Å². The molecule has 0 aliphatic rings. The Morgan fingerprint density at radius 3 is 2.87 bits per heavy atom. The molecule has 23 heavy (non-hydrogen) atoms. The number of hydrogen-bond donors (Lipinski definition) is 2. The quantitative estimate of drug-likeness (QED) is 0.764. The second kappa shape index (κ2) is 8.17. The number of aliphatic hydroxyl groups is 1. The minimum Gasteiger partial charge on any atom is -0.393 e. The van der Waals surface area contributed by atoms with Crippen molar-refractivity contribution < 1.29 is 9.90 Å². The largest absolute Gasteiger partial charge is 0.393 e. The number of carbonyl (C=O) groups is 1. The van der Waals surface area contributed by atoms with E-state index < -0.39 is 6.10 Å². The molecule has 2 aromatic rings. The Bertz CT molecular complexity index is 668. The lowest BCUT2D eigenvalue weighted by molar-refractivity contribution is -0.118. The van der Waals surface area contributed by atoms with Crippen molar-refractivity contribution in [3.63, 3.8) is 0 Å². The molecule has 0 aliphatic heterocycles. The molecule has 0 radical (unpaired) electrons. The van der Waals surface area contributed by atoms with Crippen LogP contribution in [0.25, 0.3) is 5.69 Å². The maximum Gasteiger partial charge on any atom is 0.230 e. The van der Waals surface area contributed by atoms with E-state index in [9.17, 15) is 9.90 Å². The van der Waals surface area contributed by atoms with Crippen LogP contribution >= 0.6 is 11.8 Å². The van der Waals surface area contributed by atoms with Crippen LogP contribution in [-0.2, 0) is 4.79 Å². The van der Waals surface area contributed by atoms with Gasteiger partial charge in [0.25, 0.3) is 0 Å². The zero-order chi connectivity index (χ0) is 16.8. The van der Waals surface area contributed by atoms with Crippen LogP contribution in [0.15, 0.2) is 35.7 Å². The van der Waals surface area contributed by atoms with Gasteiger partial charge in [-0.3, -0.25) is 9.36 Å². The summed E-state index contributed by atoms with van der Waals surface area (Å²) in [5.74, 6) is 0.257. The van der Waals surface area contributed by atoms with E-state index in [2.05, 4.69) is 42.3 Å². The molecule has 1 atom stereocenters. The molecular weight excluding hydrogens is 310 g/mol. The summed E-state index contributed by atoms with van der Waals surface area (Å²) in [6.45, 7) is 6.36. The Kier molecular flexibility index (Phi) is 6.24. The van der Waals surface area contributed by atoms with Crippen LogP contribution in [0.1, 0.15) is 24.5 Å². The highest BCUT2D eigenvalue weighted by Crippen LogP contribution is 2.21. The van der Waals surface area contributed by atoms with Crippen molar-refractivity contribution in [2.45, 2.75) is 38.5 Å². The van der Waals surface area contributed by atoms with Gasteiger partial charge in [0.15, 0.2) is 5.16 Å². The van der Waals surface area contributed by atoms with Crippen LogP contribution in [0, 0.1) is 13.8 Å². The van der Waals surface area contributed by atoms with Gasteiger partial charge in [-0.15, -0.1) is 0 Å². The van der Waals surface area contributed by atoms with Crippen molar-refractivity contribution in [2.75, 3.05) is 12.3 Å². The lowest BCUT2D eigenvalue weighted by atomic mass is 10.1. The number of carbonyl (C=O) groups excluding carboxylic acids is 1. The van der Waals surface area contributed by atoms with Crippen molar-refractivity contribution in [1.82, 2.24) is 14.9 Å². The minimum atomic E-state index is -0.397. The van der Waals surface area contributed by atoms with Gasteiger partial charge in [0.05, 0.1) is 11.9 Å². The molecule has 1 amide bonds. The summed E-state index contributed by atoms with van der Waals surface area (Å²) < 4.78 is 1.99. The first-order valence-corrected chi connectivity index (χ1v) is 8.64. The molecule has 2 N–H and O–H groups in total. The Morgan fingerprint density at radius 1 is 1.39 bits per heavy atom. The molecule has 5 nitrogen and oxygen atoms in total. The van der Waals surface area contributed by atoms with Crippen molar-refractivity contribution in [2.24, 2.45) is 0 Å². The number of nitrogens with one attached hydrogen (secondary N) is 1. The van der Waals surface area contributed by atoms with Crippen molar-refractivity contribution >= 4 is 17.7 Å². The number of amides is 1. The third-order valence-corrected chi connectivity index (χ3v) is 4.56.